The number of hydrogen-bond donors (Lipinski definition) is 0. The molecule has 7 heteroatoms. The summed E-state index contributed by atoms with van der Waals surface area (Å²) in [6.07, 6.45) is -0.432. The Bertz CT molecular complexity index is 431. The van der Waals surface area contributed by atoms with E-state index in [1.807, 2.05) is 0 Å². The highest BCUT2D eigenvalue weighted by atomic mass is 35.5. The van der Waals surface area contributed by atoms with E-state index < -0.39 is 22.2 Å². The normalized spacial score (nSPS) is 30.0. The van der Waals surface area contributed by atoms with Crippen LogP contribution in [0.1, 0.15) is 41.5 Å². The van der Waals surface area contributed by atoms with E-state index in [2.05, 4.69) is 67.7 Å². The Morgan fingerprint density at radius 1 is 0.875 bits per heavy atom. The number of rotatable bonds is 5. The van der Waals surface area contributed by atoms with Crippen molar-refractivity contribution in [2.45, 2.75) is 101 Å². The van der Waals surface area contributed by atoms with Crippen LogP contribution in [0.5, 0.6) is 0 Å². The van der Waals surface area contributed by atoms with E-state index >= 15 is 0 Å². The van der Waals surface area contributed by atoms with Gasteiger partial charge in [-0.3, -0.25) is 0 Å². The predicted molar refractivity (Wildman–Crippen MR) is 109 cm³/mol. The van der Waals surface area contributed by atoms with Gasteiger partial charge in [-0.1, -0.05) is 53.1 Å². The molecule has 1 saturated heterocycles. The van der Waals surface area contributed by atoms with Crippen LogP contribution < -0.4 is 0 Å². The molecule has 144 valence electrons. The van der Waals surface area contributed by atoms with Gasteiger partial charge < -0.3 is 13.6 Å². The Kier molecular flexibility index (Phi) is 7.16. The lowest BCUT2D eigenvalue weighted by Crippen LogP contribution is -2.50. The highest BCUT2D eigenvalue weighted by molar-refractivity contribution is 6.74. The molecule has 0 radical (unpaired) electrons. The maximum Gasteiger partial charge on any atom is 0.192 e. The van der Waals surface area contributed by atoms with E-state index in [1.165, 1.54) is 0 Å². The molecule has 0 aromatic carbocycles. The molecule has 0 amide bonds. The molecule has 0 spiro atoms. The molecule has 1 aliphatic rings. The fraction of sp³-hybridized carbons (Fsp3) is 1.00. The molecule has 0 aromatic heterocycles. The number of hydrogen-bond acceptors (Lipinski definition) is 3. The van der Waals surface area contributed by atoms with Crippen LogP contribution in [0.4, 0.5) is 0 Å². The molecule has 0 N–H and O–H groups in total. The number of alkyl halides is 2. The summed E-state index contributed by atoms with van der Waals surface area (Å²) < 4.78 is 18.8. The van der Waals surface area contributed by atoms with Crippen molar-refractivity contribution >= 4 is 39.8 Å². The first kappa shape index (κ1) is 22.9. The van der Waals surface area contributed by atoms with Gasteiger partial charge in [0.25, 0.3) is 0 Å². The standard InChI is InChI=1S/C17H36Cl2O3Si2/c1-16(2,3)23(7,8)20-11-12-14(13(18)15(19)21-12)22-24(9,10)17(4,5)6/h12-15H,11H2,1-10H3/t12-,13?,14?,15-/m1/s1. The van der Waals surface area contributed by atoms with E-state index in [0.29, 0.717) is 6.61 Å². The summed E-state index contributed by atoms with van der Waals surface area (Å²) in [7, 11) is -3.81. The van der Waals surface area contributed by atoms with Crippen molar-refractivity contribution in [3.63, 3.8) is 0 Å². The molecule has 2 unspecified atom stereocenters. The summed E-state index contributed by atoms with van der Waals surface area (Å²) in [5, 5.41) is -0.0881. The van der Waals surface area contributed by atoms with Crippen molar-refractivity contribution in [3.8, 4) is 0 Å². The number of ether oxygens (including phenoxy) is 1. The quantitative estimate of drug-likeness (QED) is 0.409. The lowest BCUT2D eigenvalue weighted by molar-refractivity contribution is 0.00337. The minimum absolute atomic E-state index is 0.110. The third-order valence-corrected chi connectivity index (χ3v) is 15.8. The van der Waals surface area contributed by atoms with Gasteiger partial charge in [0.1, 0.15) is 11.5 Å². The molecule has 4 atom stereocenters. The first-order valence-electron chi connectivity index (χ1n) is 8.75. The summed E-state index contributed by atoms with van der Waals surface area (Å²) in [6.45, 7) is 22.8. The van der Waals surface area contributed by atoms with Crippen LogP contribution in [0.25, 0.3) is 0 Å². The van der Waals surface area contributed by atoms with Gasteiger partial charge >= 0.3 is 0 Å². The minimum Gasteiger partial charge on any atom is -0.414 e. The summed E-state index contributed by atoms with van der Waals surface area (Å²) in [5.41, 5.74) is -0.533. The molecule has 3 nitrogen and oxygen atoms in total. The monoisotopic (exact) mass is 414 g/mol. The molecule has 0 aliphatic carbocycles. The molecule has 0 saturated carbocycles. The molecule has 1 heterocycles. The fourth-order valence-electron chi connectivity index (χ4n) is 1.97. The number of halogens is 2. The second-order valence-corrected chi connectivity index (χ2v) is 20.4. The summed E-state index contributed by atoms with van der Waals surface area (Å²) in [5.74, 6) is 0. The van der Waals surface area contributed by atoms with E-state index in [1.54, 1.807) is 0 Å². The van der Waals surface area contributed by atoms with Gasteiger partial charge in [0, 0.05) is 0 Å². The van der Waals surface area contributed by atoms with Crippen molar-refractivity contribution in [3.05, 3.63) is 0 Å². The van der Waals surface area contributed by atoms with Gasteiger partial charge in [-0.2, -0.15) is 0 Å². The SMILES string of the molecule is CC(C)(C)[Si](C)(C)OC[C@H]1O[C@@H](Cl)C(Cl)C1O[Si](C)(C)C(C)(C)C. The van der Waals surface area contributed by atoms with Crippen molar-refractivity contribution in [2.75, 3.05) is 6.61 Å². The molecular weight excluding hydrogens is 379 g/mol. The molecule has 1 aliphatic heterocycles. The molecule has 1 rings (SSSR count). The largest absolute Gasteiger partial charge is 0.414 e. The van der Waals surface area contributed by atoms with Crippen LogP contribution in [0, 0.1) is 0 Å². The Morgan fingerprint density at radius 3 is 1.75 bits per heavy atom. The van der Waals surface area contributed by atoms with E-state index in [4.69, 9.17) is 36.8 Å². The average molecular weight is 416 g/mol. The van der Waals surface area contributed by atoms with Crippen LogP contribution in [0.2, 0.25) is 36.3 Å². The zero-order chi connectivity index (χ0) is 19.1. The molecule has 0 aromatic rings. The smallest absolute Gasteiger partial charge is 0.192 e. The maximum absolute atomic E-state index is 6.54. The summed E-state index contributed by atoms with van der Waals surface area (Å²) in [4.78, 5) is 0. The van der Waals surface area contributed by atoms with Crippen molar-refractivity contribution < 1.29 is 13.6 Å². The van der Waals surface area contributed by atoms with Crippen molar-refractivity contribution in [1.29, 1.82) is 0 Å². The Labute approximate surface area is 161 Å². The molecule has 1 fully saturated rings. The topological polar surface area (TPSA) is 27.7 Å². The van der Waals surface area contributed by atoms with Crippen LogP contribution in [-0.2, 0) is 13.6 Å². The zero-order valence-electron chi connectivity index (χ0n) is 17.0. The average Bonchev–Trinajstić information content (AvgIpc) is 2.61. The van der Waals surface area contributed by atoms with Crippen LogP contribution in [-0.4, -0.2) is 46.4 Å². The minimum atomic E-state index is -1.96. The summed E-state index contributed by atoms with van der Waals surface area (Å²) >= 11 is 12.8. The van der Waals surface area contributed by atoms with Gasteiger partial charge in [0.15, 0.2) is 22.2 Å². The molecule has 24 heavy (non-hydrogen) atoms. The Balaban J connectivity index is 2.86. The fourth-order valence-corrected chi connectivity index (χ4v) is 4.95. The van der Waals surface area contributed by atoms with Gasteiger partial charge in [-0.25, -0.2) is 0 Å². The second-order valence-electron chi connectivity index (χ2n) is 9.88. The Hall–Kier alpha value is 0.894. The van der Waals surface area contributed by atoms with Crippen LogP contribution >= 0.6 is 23.2 Å². The Morgan fingerprint density at radius 2 is 1.33 bits per heavy atom. The first-order valence-corrected chi connectivity index (χ1v) is 15.4. The lowest BCUT2D eigenvalue weighted by Gasteiger charge is -2.41. The van der Waals surface area contributed by atoms with Crippen LogP contribution in [0.3, 0.4) is 0 Å². The zero-order valence-corrected chi connectivity index (χ0v) is 20.5. The summed E-state index contributed by atoms with van der Waals surface area (Å²) in [6, 6.07) is 0. The molecule has 0 bridgehead atoms. The molecular formula is C17H36Cl2O3Si2. The van der Waals surface area contributed by atoms with E-state index in [9.17, 15) is 0 Å². The van der Waals surface area contributed by atoms with Crippen molar-refractivity contribution in [1.82, 2.24) is 0 Å². The van der Waals surface area contributed by atoms with Gasteiger partial charge in [0.2, 0.25) is 0 Å². The predicted octanol–water partition coefficient (Wildman–Crippen LogP) is 5.97. The lowest BCUT2D eigenvalue weighted by atomic mass is 10.2. The third kappa shape index (κ3) is 5.21. The van der Waals surface area contributed by atoms with Crippen molar-refractivity contribution in [2.24, 2.45) is 0 Å². The third-order valence-electron chi connectivity index (χ3n) is 5.89. The maximum atomic E-state index is 6.54. The van der Waals surface area contributed by atoms with Gasteiger partial charge in [0.05, 0.1) is 12.7 Å². The van der Waals surface area contributed by atoms with Gasteiger partial charge in [-0.05, 0) is 36.3 Å². The second kappa shape index (κ2) is 7.49. The van der Waals surface area contributed by atoms with Gasteiger partial charge in [-0.15, -0.1) is 11.6 Å². The van der Waals surface area contributed by atoms with Crippen LogP contribution in [0.15, 0.2) is 0 Å². The van der Waals surface area contributed by atoms with E-state index in [-0.39, 0.29) is 27.7 Å². The van der Waals surface area contributed by atoms with E-state index in [0.717, 1.165) is 0 Å². The highest BCUT2D eigenvalue weighted by Crippen LogP contribution is 2.42. The first-order chi connectivity index (χ1) is 10.5. The highest BCUT2D eigenvalue weighted by Gasteiger charge is 2.50.